The monoisotopic (exact) mass is 312 g/mol. The fourth-order valence-corrected chi connectivity index (χ4v) is 3.66. The van der Waals surface area contributed by atoms with E-state index in [0.29, 0.717) is 15.4 Å². The number of hydrogen-bond donors (Lipinski definition) is 1. The van der Waals surface area contributed by atoms with E-state index in [0.717, 1.165) is 24.6 Å². The minimum Gasteiger partial charge on any atom is -0.481 e. The van der Waals surface area contributed by atoms with Crippen LogP contribution < -0.4 is 5.56 Å². The molecule has 0 aliphatic rings. The zero-order valence-electron chi connectivity index (χ0n) is 11.3. The van der Waals surface area contributed by atoms with Gasteiger partial charge in [-0.25, -0.2) is 4.98 Å². The van der Waals surface area contributed by atoms with Crippen LogP contribution in [0.5, 0.6) is 0 Å². The maximum Gasteiger partial charge on any atom is 0.313 e. The molecule has 1 N–H and O–H groups in total. The highest BCUT2D eigenvalue weighted by atomic mass is 32.2. The second kappa shape index (κ2) is 6.41. The van der Waals surface area contributed by atoms with Crippen LogP contribution in [0.15, 0.2) is 21.4 Å². The molecule has 2 aromatic rings. The van der Waals surface area contributed by atoms with Gasteiger partial charge in [-0.3, -0.25) is 14.2 Å². The minimum atomic E-state index is -0.911. The molecule has 20 heavy (non-hydrogen) atoms. The van der Waals surface area contributed by atoms with E-state index in [-0.39, 0.29) is 17.4 Å². The number of aromatic nitrogens is 2. The predicted octanol–water partition coefficient (Wildman–Crippen LogP) is 3.00. The Morgan fingerprint density at radius 2 is 2.20 bits per heavy atom. The molecule has 0 radical (unpaired) electrons. The molecule has 0 amide bonds. The molecule has 2 rings (SSSR count). The van der Waals surface area contributed by atoms with E-state index in [1.807, 2.05) is 19.2 Å². The van der Waals surface area contributed by atoms with Gasteiger partial charge in [-0.15, -0.1) is 11.3 Å². The Morgan fingerprint density at radius 3 is 2.80 bits per heavy atom. The quantitative estimate of drug-likeness (QED) is 0.656. The average molecular weight is 312 g/mol. The van der Waals surface area contributed by atoms with E-state index in [1.54, 1.807) is 10.6 Å². The molecule has 0 unspecified atom stereocenters. The van der Waals surface area contributed by atoms with Gasteiger partial charge in [0, 0.05) is 6.04 Å². The number of carboxylic acids is 1. The number of carboxylic acid groups (broad SMARTS) is 1. The Labute approximate surface area is 124 Å². The summed E-state index contributed by atoms with van der Waals surface area (Å²) >= 11 is 2.48. The molecule has 7 heteroatoms. The maximum absolute atomic E-state index is 12.6. The van der Waals surface area contributed by atoms with Crippen molar-refractivity contribution in [3.63, 3.8) is 0 Å². The van der Waals surface area contributed by atoms with Crippen molar-refractivity contribution in [2.75, 3.05) is 5.75 Å². The first-order valence-electron chi connectivity index (χ1n) is 6.42. The molecular formula is C13H16N2O3S2. The molecule has 5 nitrogen and oxygen atoms in total. The van der Waals surface area contributed by atoms with Crippen LogP contribution >= 0.6 is 23.1 Å². The van der Waals surface area contributed by atoms with E-state index >= 15 is 0 Å². The highest BCUT2D eigenvalue weighted by Crippen LogP contribution is 2.25. The number of carbonyl (C=O) groups is 1. The standard InChI is InChI=1S/C13H16N2O3S2/c1-3-8(4-2)15-12(18)11-9(5-6-19-11)14-13(15)20-7-10(16)17/h5-6,8H,3-4,7H2,1-2H3,(H,16,17). The number of rotatable bonds is 6. The van der Waals surface area contributed by atoms with Crippen molar-refractivity contribution in [1.29, 1.82) is 0 Å². The number of thioether (sulfide) groups is 1. The molecule has 0 saturated heterocycles. The summed E-state index contributed by atoms with van der Waals surface area (Å²) in [7, 11) is 0. The third kappa shape index (κ3) is 2.88. The largest absolute Gasteiger partial charge is 0.481 e. The summed E-state index contributed by atoms with van der Waals surface area (Å²) < 4.78 is 2.29. The second-order valence-electron chi connectivity index (χ2n) is 4.36. The zero-order chi connectivity index (χ0) is 14.7. The molecule has 0 aromatic carbocycles. The molecule has 0 spiro atoms. The third-order valence-corrected chi connectivity index (χ3v) is 4.94. The summed E-state index contributed by atoms with van der Waals surface area (Å²) in [5, 5.41) is 11.2. The van der Waals surface area contributed by atoms with Gasteiger partial charge in [0.2, 0.25) is 0 Å². The lowest BCUT2D eigenvalue weighted by atomic mass is 10.2. The van der Waals surface area contributed by atoms with Gasteiger partial charge in [0.1, 0.15) is 4.70 Å². The van der Waals surface area contributed by atoms with Crippen LogP contribution in [-0.2, 0) is 4.79 Å². The minimum absolute atomic E-state index is 0.0535. The van der Waals surface area contributed by atoms with E-state index in [9.17, 15) is 9.59 Å². The SMILES string of the molecule is CCC(CC)n1c(SCC(=O)O)nc2ccsc2c1=O. The highest BCUT2D eigenvalue weighted by Gasteiger charge is 2.18. The molecule has 0 fully saturated rings. The zero-order valence-corrected chi connectivity index (χ0v) is 13.0. The Bertz CT molecular complexity index is 674. The Morgan fingerprint density at radius 1 is 1.50 bits per heavy atom. The molecule has 0 aliphatic heterocycles. The average Bonchev–Trinajstić information content (AvgIpc) is 2.88. The summed E-state index contributed by atoms with van der Waals surface area (Å²) in [4.78, 5) is 27.8. The lowest BCUT2D eigenvalue weighted by Gasteiger charge is -2.19. The summed E-state index contributed by atoms with van der Waals surface area (Å²) in [6.45, 7) is 4.04. The Balaban J connectivity index is 2.59. The number of nitrogens with zero attached hydrogens (tertiary/aromatic N) is 2. The van der Waals surface area contributed by atoms with Gasteiger partial charge < -0.3 is 5.11 Å². The second-order valence-corrected chi connectivity index (χ2v) is 6.22. The summed E-state index contributed by atoms with van der Waals surface area (Å²) in [6.07, 6.45) is 1.63. The van der Waals surface area contributed by atoms with Crippen LogP contribution in [-0.4, -0.2) is 26.4 Å². The van der Waals surface area contributed by atoms with Gasteiger partial charge in [-0.05, 0) is 24.3 Å². The molecule has 2 heterocycles. The van der Waals surface area contributed by atoms with E-state index < -0.39 is 5.97 Å². The summed E-state index contributed by atoms with van der Waals surface area (Å²) in [5.41, 5.74) is 0.585. The van der Waals surface area contributed by atoms with Crippen LogP contribution in [0.3, 0.4) is 0 Å². The molecule has 0 aliphatic carbocycles. The molecule has 108 valence electrons. The van der Waals surface area contributed by atoms with Crippen molar-refractivity contribution >= 4 is 39.3 Å². The topological polar surface area (TPSA) is 72.2 Å². The van der Waals surface area contributed by atoms with Crippen LogP contribution in [0, 0.1) is 0 Å². The fourth-order valence-electron chi connectivity index (χ4n) is 2.11. The van der Waals surface area contributed by atoms with Gasteiger partial charge in [-0.1, -0.05) is 25.6 Å². The van der Waals surface area contributed by atoms with Crippen LogP contribution in [0.2, 0.25) is 0 Å². The van der Waals surface area contributed by atoms with Gasteiger partial charge in [0.25, 0.3) is 5.56 Å². The van der Waals surface area contributed by atoms with Crippen molar-refractivity contribution in [2.24, 2.45) is 0 Å². The summed E-state index contributed by atoms with van der Waals surface area (Å²) in [5.74, 6) is -1.01. The van der Waals surface area contributed by atoms with Crippen molar-refractivity contribution < 1.29 is 9.90 Å². The van der Waals surface area contributed by atoms with Gasteiger partial charge in [0.05, 0.1) is 11.3 Å². The van der Waals surface area contributed by atoms with Crippen LogP contribution in [0.4, 0.5) is 0 Å². The van der Waals surface area contributed by atoms with E-state index in [1.165, 1.54) is 11.3 Å². The van der Waals surface area contributed by atoms with Gasteiger partial charge in [-0.2, -0.15) is 0 Å². The Hall–Kier alpha value is -1.34. The van der Waals surface area contributed by atoms with Crippen molar-refractivity contribution in [3.05, 3.63) is 21.8 Å². The molecule has 2 aromatic heterocycles. The van der Waals surface area contributed by atoms with Crippen molar-refractivity contribution in [2.45, 2.75) is 37.9 Å². The summed E-state index contributed by atoms with van der Waals surface area (Å²) in [6, 6.07) is 1.85. The number of hydrogen-bond acceptors (Lipinski definition) is 5. The number of thiophene rings is 1. The van der Waals surface area contributed by atoms with Crippen molar-refractivity contribution in [3.8, 4) is 0 Å². The highest BCUT2D eigenvalue weighted by molar-refractivity contribution is 7.99. The lowest BCUT2D eigenvalue weighted by Crippen LogP contribution is -2.26. The van der Waals surface area contributed by atoms with E-state index in [2.05, 4.69) is 4.98 Å². The first kappa shape index (κ1) is 15.1. The molecule has 0 saturated carbocycles. The first-order valence-corrected chi connectivity index (χ1v) is 8.29. The lowest BCUT2D eigenvalue weighted by molar-refractivity contribution is -0.133. The van der Waals surface area contributed by atoms with Crippen LogP contribution in [0.25, 0.3) is 10.2 Å². The van der Waals surface area contributed by atoms with Crippen molar-refractivity contribution in [1.82, 2.24) is 9.55 Å². The number of aliphatic carboxylic acids is 1. The molecule has 0 bridgehead atoms. The number of fused-ring (bicyclic) bond motifs is 1. The van der Waals surface area contributed by atoms with E-state index in [4.69, 9.17) is 5.11 Å². The first-order chi connectivity index (χ1) is 9.58. The smallest absolute Gasteiger partial charge is 0.313 e. The Kier molecular flexibility index (Phi) is 4.82. The molecular weight excluding hydrogens is 296 g/mol. The fraction of sp³-hybridized carbons (Fsp3) is 0.462. The maximum atomic E-state index is 12.6. The van der Waals surface area contributed by atoms with Gasteiger partial charge >= 0.3 is 5.97 Å². The normalized spacial score (nSPS) is 11.3. The van der Waals surface area contributed by atoms with Gasteiger partial charge in [0.15, 0.2) is 5.16 Å². The van der Waals surface area contributed by atoms with Crippen LogP contribution in [0.1, 0.15) is 32.7 Å². The third-order valence-electron chi connectivity index (χ3n) is 3.11. The molecule has 0 atom stereocenters. The predicted molar refractivity (Wildman–Crippen MR) is 81.9 cm³/mol.